The Bertz CT molecular complexity index is 334. The second kappa shape index (κ2) is 3.72. The molecule has 0 fully saturated rings. The van der Waals surface area contributed by atoms with Crippen LogP contribution in [0.15, 0.2) is 23.6 Å². The van der Waals surface area contributed by atoms with Crippen LogP contribution in [0.5, 0.6) is 0 Å². The van der Waals surface area contributed by atoms with E-state index in [2.05, 4.69) is 10.2 Å². The van der Waals surface area contributed by atoms with E-state index >= 15 is 0 Å². The van der Waals surface area contributed by atoms with Gasteiger partial charge >= 0.3 is 0 Å². The van der Waals surface area contributed by atoms with Gasteiger partial charge in [-0.3, -0.25) is 10.4 Å². The van der Waals surface area contributed by atoms with E-state index in [1.807, 2.05) is 13.0 Å². The van der Waals surface area contributed by atoms with Crippen LogP contribution < -0.4 is 5.84 Å². The third-order valence-corrected chi connectivity index (χ3v) is 1.57. The summed E-state index contributed by atoms with van der Waals surface area (Å²) in [6.07, 6.45) is 1.56. The van der Waals surface area contributed by atoms with Gasteiger partial charge in [0.05, 0.1) is 0 Å². The predicted molar refractivity (Wildman–Crippen MR) is 47.0 cm³/mol. The maximum Gasteiger partial charge on any atom is 0.186 e. The fourth-order valence-electron chi connectivity index (χ4n) is 0.892. The molecule has 0 spiro atoms. The standard InChI is InChI=1S/C7H10N6/c1-5-3-2-4-11-6(5)7(8)13(10)12-9/h2-4,8-9H,10H2,1H3. The first-order chi connectivity index (χ1) is 6.16. The molecule has 0 aliphatic carbocycles. The molecule has 1 aromatic heterocycles. The fourth-order valence-corrected chi connectivity index (χ4v) is 0.892. The van der Waals surface area contributed by atoms with Crippen molar-refractivity contribution in [3.63, 3.8) is 0 Å². The Hall–Kier alpha value is -1.82. The van der Waals surface area contributed by atoms with Crippen LogP contribution >= 0.6 is 0 Å². The van der Waals surface area contributed by atoms with Crippen LogP contribution in [0.1, 0.15) is 11.3 Å². The number of rotatable bonds is 2. The minimum atomic E-state index is -0.0897. The van der Waals surface area contributed by atoms with Crippen LogP contribution in [0.4, 0.5) is 0 Å². The molecule has 0 bridgehead atoms. The molecule has 0 unspecified atom stereocenters. The molecule has 13 heavy (non-hydrogen) atoms. The first kappa shape index (κ1) is 9.27. The highest BCUT2D eigenvalue weighted by atomic mass is 15.7. The van der Waals surface area contributed by atoms with Gasteiger partial charge in [0.25, 0.3) is 0 Å². The van der Waals surface area contributed by atoms with Crippen LogP contribution in [-0.4, -0.2) is 15.9 Å². The van der Waals surface area contributed by atoms with Crippen molar-refractivity contribution in [2.45, 2.75) is 6.92 Å². The molecule has 1 aromatic rings. The Morgan fingerprint density at radius 2 is 2.38 bits per heavy atom. The smallest absolute Gasteiger partial charge is 0.186 e. The first-order valence-corrected chi connectivity index (χ1v) is 3.59. The average Bonchev–Trinajstić information content (AvgIpc) is 2.16. The molecule has 1 heterocycles. The van der Waals surface area contributed by atoms with E-state index in [-0.39, 0.29) is 5.84 Å². The molecule has 68 valence electrons. The average molecular weight is 178 g/mol. The topological polar surface area (TPSA) is 102 Å². The summed E-state index contributed by atoms with van der Waals surface area (Å²) >= 11 is 0. The monoisotopic (exact) mass is 178 g/mol. The van der Waals surface area contributed by atoms with Crippen LogP contribution in [0, 0.1) is 17.9 Å². The van der Waals surface area contributed by atoms with Crippen molar-refractivity contribution in [1.82, 2.24) is 10.1 Å². The molecule has 0 atom stereocenters. The van der Waals surface area contributed by atoms with Gasteiger partial charge in [-0.1, -0.05) is 11.3 Å². The van der Waals surface area contributed by atoms with Gasteiger partial charge in [0, 0.05) is 6.20 Å². The van der Waals surface area contributed by atoms with E-state index in [4.69, 9.17) is 16.8 Å². The number of hydrogen-bond acceptors (Lipinski definition) is 5. The van der Waals surface area contributed by atoms with Crippen LogP contribution in [0.3, 0.4) is 0 Å². The van der Waals surface area contributed by atoms with Crippen molar-refractivity contribution in [2.75, 3.05) is 0 Å². The van der Waals surface area contributed by atoms with E-state index in [9.17, 15) is 0 Å². The van der Waals surface area contributed by atoms with Gasteiger partial charge in [-0.05, 0) is 18.6 Å². The molecule has 0 aromatic carbocycles. The van der Waals surface area contributed by atoms with E-state index in [1.165, 1.54) is 0 Å². The molecule has 0 amide bonds. The number of pyridine rings is 1. The normalized spacial score (nSPS) is 9.38. The molecule has 1 rings (SSSR count). The molecule has 6 nitrogen and oxygen atoms in total. The summed E-state index contributed by atoms with van der Waals surface area (Å²) in [7, 11) is 0. The van der Waals surface area contributed by atoms with E-state index in [0.29, 0.717) is 10.8 Å². The van der Waals surface area contributed by atoms with Crippen molar-refractivity contribution in [1.29, 1.82) is 10.9 Å². The molecule has 0 radical (unpaired) electrons. The van der Waals surface area contributed by atoms with Gasteiger partial charge in [-0.2, -0.15) is 10.6 Å². The second-order valence-corrected chi connectivity index (χ2v) is 2.46. The number of nitrogens with zero attached hydrogens (tertiary/aromatic N) is 3. The predicted octanol–water partition coefficient (Wildman–Crippen LogP) is 0.837. The SMILES string of the molecule is Cc1cccnc1C(=N)N(N)N=N. The Morgan fingerprint density at radius 3 is 2.92 bits per heavy atom. The summed E-state index contributed by atoms with van der Waals surface area (Å²) in [6.45, 7) is 1.81. The zero-order valence-corrected chi connectivity index (χ0v) is 7.15. The molecule has 4 N–H and O–H groups in total. The molecule has 0 aliphatic heterocycles. The van der Waals surface area contributed by atoms with Gasteiger partial charge in [0.15, 0.2) is 5.84 Å². The third kappa shape index (κ3) is 1.85. The van der Waals surface area contributed by atoms with E-state index in [0.717, 1.165) is 5.56 Å². The lowest BCUT2D eigenvalue weighted by molar-refractivity contribution is 0.421. The fraction of sp³-hybridized carbons (Fsp3) is 0.143. The Balaban J connectivity index is 3.02. The van der Waals surface area contributed by atoms with E-state index < -0.39 is 0 Å². The molecule has 0 saturated carbocycles. The van der Waals surface area contributed by atoms with Crippen LogP contribution in [-0.2, 0) is 0 Å². The first-order valence-electron chi connectivity index (χ1n) is 3.59. The van der Waals surface area contributed by atoms with Gasteiger partial charge < -0.3 is 0 Å². The van der Waals surface area contributed by atoms with Crippen LogP contribution in [0.2, 0.25) is 0 Å². The maximum atomic E-state index is 7.50. The summed E-state index contributed by atoms with van der Waals surface area (Å²) in [6, 6.07) is 3.58. The number of hydrogen-bond donors (Lipinski definition) is 3. The van der Waals surface area contributed by atoms with Crippen molar-refractivity contribution in [3.05, 3.63) is 29.6 Å². The molecular weight excluding hydrogens is 168 g/mol. The summed E-state index contributed by atoms with van der Waals surface area (Å²) in [5.41, 5.74) is 7.87. The van der Waals surface area contributed by atoms with Crippen molar-refractivity contribution >= 4 is 5.84 Å². The number of amidine groups is 1. The van der Waals surface area contributed by atoms with Crippen molar-refractivity contribution < 1.29 is 0 Å². The minimum absolute atomic E-state index is 0.0897. The number of hydrazine groups is 1. The lowest BCUT2D eigenvalue weighted by Gasteiger charge is -2.11. The Kier molecular flexibility index (Phi) is 2.65. The van der Waals surface area contributed by atoms with Crippen molar-refractivity contribution in [3.8, 4) is 0 Å². The van der Waals surface area contributed by atoms with E-state index in [1.54, 1.807) is 12.3 Å². The molecule has 0 aliphatic rings. The lowest BCUT2D eigenvalue weighted by Crippen LogP contribution is -2.32. The largest absolute Gasteiger partial charge is 0.280 e. The highest BCUT2D eigenvalue weighted by molar-refractivity contribution is 5.95. The Morgan fingerprint density at radius 1 is 1.69 bits per heavy atom. The number of nitrogens with two attached hydrogens (primary N) is 1. The van der Waals surface area contributed by atoms with Gasteiger partial charge in [0.1, 0.15) is 5.69 Å². The number of nitrogens with one attached hydrogen (secondary N) is 2. The van der Waals surface area contributed by atoms with Crippen molar-refractivity contribution in [2.24, 2.45) is 11.1 Å². The second-order valence-electron chi connectivity index (χ2n) is 2.46. The maximum absolute atomic E-state index is 7.50. The summed E-state index contributed by atoms with van der Waals surface area (Å²) in [4.78, 5) is 3.96. The highest BCUT2D eigenvalue weighted by Gasteiger charge is 2.10. The highest BCUT2D eigenvalue weighted by Crippen LogP contribution is 2.04. The third-order valence-electron chi connectivity index (χ3n) is 1.57. The summed E-state index contributed by atoms with van der Waals surface area (Å²) in [5.74, 6) is 5.14. The summed E-state index contributed by atoms with van der Waals surface area (Å²) in [5, 5.41) is 11.1. The van der Waals surface area contributed by atoms with Gasteiger partial charge in [0.2, 0.25) is 0 Å². The molecule has 0 saturated heterocycles. The quantitative estimate of drug-likeness (QED) is 0.205. The van der Waals surface area contributed by atoms with Gasteiger partial charge in [-0.15, -0.1) is 0 Å². The zero-order chi connectivity index (χ0) is 9.84. The van der Waals surface area contributed by atoms with Gasteiger partial charge in [-0.25, -0.2) is 5.84 Å². The van der Waals surface area contributed by atoms with Crippen LogP contribution in [0.25, 0.3) is 0 Å². The number of aromatic nitrogens is 1. The summed E-state index contributed by atoms with van der Waals surface area (Å²) < 4.78 is 0. The molecule has 6 heteroatoms. The zero-order valence-electron chi connectivity index (χ0n) is 7.15. The lowest BCUT2D eigenvalue weighted by atomic mass is 10.2. The number of aryl methyl sites for hydroxylation is 1. The minimum Gasteiger partial charge on any atom is -0.280 e. The molecular formula is C7H10N6. The Labute approximate surface area is 75.3 Å².